The van der Waals surface area contributed by atoms with E-state index < -0.39 is 0 Å². The van der Waals surface area contributed by atoms with Gasteiger partial charge in [0, 0.05) is 24.8 Å². The Kier molecular flexibility index (Phi) is 3.04. The lowest BCUT2D eigenvalue weighted by molar-refractivity contribution is -0.145. The van der Waals surface area contributed by atoms with E-state index >= 15 is 0 Å². The summed E-state index contributed by atoms with van der Waals surface area (Å²) in [6, 6.07) is 1.97. The number of carbonyl (C=O) groups excluding carboxylic acids is 1. The minimum Gasteiger partial charge on any atom is -0.469 e. The summed E-state index contributed by atoms with van der Waals surface area (Å²) in [4.78, 5) is 22.4. The Morgan fingerprint density at radius 1 is 1.45 bits per heavy atom. The van der Waals surface area contributed by atoms with E-state index in [0.717, 1.165) is 18.1 Å². The maximum atomic E-state index is 11.8. The summed E-state index contributed by atoms with van der Waals surface area (Å²) in [5, 5.41) is 4.20. The van der Waals surface area contributed by atoms with E-state index in [0.29, 0.717) is 12.3 Å². The number of hydrogen-bond donors (Lipinski definition) is 0. The quantitative estimate of drug-likeness (QED) is 0.750. The Bertz CT molecular complexity index is 653. The average Bonchev–Trinajstić information content (AvgIpc) is 3.03. The highest BCUT2D eigenvalue weighted by atomic mass is 16.5. The van der Waals surface area contributed by atoms with E-state index in [-0.39, 0.29) is 17.8 Å². The molecule has 1 fully saturated rings. The summed E-state index contributed by atoms with van der Waals surface area (Å²) in [5.41, 5.74) is 0.884. The van der Waals surface area contributed by atoms with E-state index in [1.165, 1.54) is 13.4 Å². The molecule has 3 heterocycles. The van der Waals surface area contributed by atoms with Crippen LogP contribution in [-0.4, -0.2) is 45.8 Å². The maximum Gasteiger partial charge on any atom is 0.310 e. The number of hydrogen-bond acceptors (Lipinski definition) is 6. The first-order chi connectivity index (χ1) is 9.60. The highest BCUT2D eigenvalue weighted by Gasteiger charge is 2.36. The maximum absolute atomic E-state index is 11.8. The Labute approximate surface area is 116 Å². The van der Waals surface area contributed by atoms with Gasteiger partial charge in [0.2, 0.25) is 0 Å². The first-order valence-electron chi connectivity index (χ1n) is 6.60. The molecule has 2 atom stereocenters. The molecule has 0 aliphatic carbocycles. The van der Waals surface area contributed by atoms with E-state index in [1.807, 2.05) is 13.0 Å². The second-order valence-electron chi connectivity index (χ2n) is 5.24. The van der Waals surface area contributed by atoms with Gasteiger partial charge in [-0.05, 0) is 12.8 Å². The molecular formula is C13H17N5O2. The Morgan fingerprint density at radius 3 is 3.00 bits per heavy atom. The van der Waals surface area contributed by atoms with Crippen LogP contribution in [0.5, 0.6) is 0 Å². The molecule has 2 unspecified atom stereocenters. The predicted molar refractivity (Wildman–Crippen MR) is 72.4 cm³/mol. The molecule has 2 aromatic rings. The topological polar surface area (TPSA) is 72.6 Å². The lowest BCUT2D eigenvalue weighted by atomic mass is 9.99. The van der Waals surface area contributed by atoms with Gasteiger partial charge in [-0.3, -0.25) is 4.79 Å². The van der Waals surface area contributed by atoms with Gasteiger partial charge in [-0.15, -0.1) is 0 Å². The number of esters is 1. The third kappa shape index (κ3) is 1.99. The molecule has 0 spiro atoms. The van der Waals surface area contributed by atoms with Gasteiger partial charge in [0.25, 0.3) is 5.78 Å². The second-order valence-corrected chi connectivity index (χ2v) is 5.24. The molecule has 1 saturated heterocycles. The first kappa shape index (κ1) is 12.8. The van der Waals surface area contributed by atoms with Crippen LogP contribution in [0, 0.1) is 18.8 Å². The summed E-state index contributed by atoms with van der Waals surface area (Å²) in [5.74, 6) is 1.49. The van der Waals surface area contributed by atoms with Crippen molar-refractivity contribution >= 4 is 17.6 Å². The van der Waals surface area contributed by atoms with Crippen LogP contribution in [0.1, 0.15) is 12.6 Å². The van der Waals surface area contributed by atoms with E-state index in [2.05, 4.69) is 26.9 Å². The molecule has 7 heteroatoms. The number of rotatable bonds is 2. The Morgan fingerprint density at radius 2 is 2.25 bits per heavy atom. The van der Waals surface area contributed by atoms with Crippen LogP contribution in [-0.2, 0) is 9.53 Å². The van der Waals surface area contributed by atoms with Crippen molar-refractivity contribution in [2.24, 2.45) is 11.8 Å². The molecule has 20 heavy (non-hydrogen) atoms. The average molecular weight is 275 g/mol. The molecular weight excluding hydrogens is 258 g/mol. The number of fused-ring (bicyclic) bond motifs is 1. The van der Waals surface area contributed by atoms with Crippen LogP contribution >= 0.6 is 0 Å². The van der Waals surface area contributed by atoms with Crippen LogP contribution < -0.4 is 4.90 Å². The molecule has 2 aromatic heterocycles. The van der Waals surface area contributed by atoms with Gasteiger partial charge in [-0.1, -0.05) is 6.92 Å². The number of aryl methyl sites for hydroxylation is 1. The summed E-state index contributed by atoms with van der Waals surface area (Å²) in [6.07, 6.45) is 1.49. The highest BCUT2D eigenvalue weighted by Crippen LogP contribution is 2.29. The smallest absolute Gasteiger partial charge is 0.310 e. The molecule has 1 aliphatic heterocycles. The third-order valence-corrected chi connectivity index (χ3v) is 3.80. The zero-order chi connectivity index (χ0) is 14.3. The van der Waals surface area contributed by atoms with Crippen LogP contribution in [0.3, 0.4) is 0 Å². The third-order valence-electron chi connectivity index (χ3n) is 3.80. The Hall–Kier alpha value is -2.18. The largest absolute Gasteiger partial charge is 0.469 e. The Balaban J connectivity index is 1.96. The molecule has 7 nitrogen and oxygen atoms in total. The fraction of sp³-hybridized carbons (Fsp3) is 0.538. The standard InChI is InChI=1S/C13H17N5O2/c1-8-5-17(6-10(8)12(19)20-3)11-4-9(2)16-13-14-7-15-18(11)13/h4,7-8,10H,5-6H2,1-3H3. The molecule has 106 valence electrons. The lowest BCUT2D eigenvalue weighted by Gasteiger charge is -2.19. The van der Waals surface area contributed by atoms with Crippen molar-refractivity contribution in [3.8, 4) is 0 Å². The first-order valence-corrected chi connectivity index (χ1v) is 6.60. The van der Waals surface area contributed by atoms with Crippen molar-refractivity contribution in [1.29, 1.82) is 0 Å². The molecule has 0 aromatic carbocycles. The SMILES string of the molecule is COC(=O)C1CN(c2cc(C)nc3ncnn23)CC1C. The summed E-state index contributed by atoms with van der Waals surface area (Å²) < 4.78 is 6.58. The minimum absolute atomic E-state index is 0.105. The van der Waals surface area contributed by atoms with Crippen molar-refractivity contribution in [2.75, 3.05) is 25.1 Å². The monoisotopic (exact) mass is 275 g/mol. The van der Waals surface area contributed by atoms with Crippen LogP contribution in [0.15, 0.2) is 12.4 Å². The van der Waals surface area contributed by atoms with Gasteiger partial charge in [0.1, 0.15) is 12.1 Å². The fourth-order valence-corrected chi connectivity index (χ4v) is 2.75. The van der Waals surface area contributed by atoms with Gasteiger partial charge < -0.3 is 9.64 Å². The zero-order valence-corrected chi connectivity index (χ0v) is 11.8. The van der Waals surface area contributed by atoms with Crippen LogP contribution in [0.2, 0.25) is 0 Å². The van der Waals surface area contributed by atoms with E-state index in [9.17, 15) is 4.79 Å². The van der Waals surface area contributed by atoms with Crippen LogP contribution in [0.4, 0.5) is 5.82 Å². The molecule has 0 saturated carbocycles. The van der Waals surface area contributed by atoms with E-state index in [1.54, 1.807) is 4.52 Å². The van der Waals surface area contributed by atoms with Crippen LogP contribution in [0.25, 0.3) is 5.78 Å². The molecule has 1 aliphatic rings. The van der Waals surface area contributed by atoms with E-state index in [4.69, 9.17) is 4.74 Å². The molecule has 0 N–H and O–H groups in total. The number of nitrogens with zero attached hydrogens (tertiary/aromatic N) is 5. The van der Waals surface area contributed by atoms with Crippen molar-refractivity contribution in [3.63, 3.8) is 0 Å². The zero-order valence-electron chi connectivity index (χ0n) is 11.8. The molecule has 0 amide bonds. The summed E-state index contributed by atoms with van der Waals surface area (Å²) >= 11 is 0. The summed E-state index contributed by atoms with van der Waals surface area (Å²) in [7, 11) is 1.43. The lowest BCUT2D eigenvalue weighted by Crippen LogP contribution is -2.26. The van der Waals surface area contributed by atoms with Crippen molar-refractivity contribution in [3.05, 3.63) is 18.1 Å². The number of aromatic nitrogens is 4. The number of ether oxygens (including phenoxy) is 1. The molecule has 3 rings (SSSR count). The summed E-state index contributed by atoms with van der Waals surface area (Å²) in [6.45, 7) is 5.41. The second kappa shape index (κ2) is 4.73. The number of carbonyl (C=O) groups is 1. The van der Waals surface area contributed by atoms with Crippen molar-refractivity contribution < 1.29 is 9.53 Å². The molecule has 0 bridgehead atoms. The van der Waals surface area contributed by atoms with Gasteiger partial charge in [0.15, 0.2) is 0 Å². The number of methoxy groups -OCH3 is 1. The minimum atomic E-state index is -0.152. The van der Waals surface area contributed by atoms with Gasteiger partial charge in [-0.25, -0.2) is 4.98 Å². The highest BCUT2D eigenvalue weighted by molar-refractivity contribution is 5.74. The fourth-order valence-electron chi connectivity index (χ4n) is 2.75. The van der Waals surface area contributed by atoms with Gasteiger partial charge in [0.05, 0.1) is 13.0 Å². The number of anilines is 1. The van der Waals surface area contributed by atoms with Gasteiger partial charge in [-0.2, -0.15) is 14.6 Å². The van der Waals surface area contributed by atoms with Gasteiger partial charge >= 0.3 is 5.97 Å². The molecule has 0 radical (unpaired) electrons. The van der Waals surface area contributed by atoms with Crippen molar-refractivity contribution in [1.82, 2.24) is 19.6 Å². The van der Waals surface area contributed by atoms with Crippen molar-refractivity contribution in [2.45, 2.75) is 13.8 Å². The normalized spacial score (nSPS) is 22.4. The predicted octanol–water partition coefficient (Wildman–Crippen LogP) is 0.678.